The Balaban J connectivity index is 1.48. The van der Waals surface area contributed by atoms with Gasteiger partial charge in [0, 0.05) is 26.1 Å². The molecule has 4 N–H and O–H groups in total. The number of hydrogen-bond donors (Lipinski definition) is 3. The fraction of sp³-hybridized carbons (Fsp3) is 0.586. The molecule has 3 rings (SSSR count). The van der Waals surface area contributed by atoms with Crippen molar-refractivity contribution in [1.82, 2.24) is 15.1 Å². The van der Waals surface area contributed by atoms with Crippen LogP contribution in [0, 0.1) is 0 Å². The van der Waals surface area contributed by atoms with E-state index < -0.39 is 47.3 Å². The lowest BCUT2D eigenvalue weighted by molar-refractivity contribution is -0.136. The molecule has 2 aliphatic heterocycles. The molecule has 0 radical (unpaired) electrons. The van der Waals surface area contributed by atoms with Crippen molar-refractivity contribution >= 4 is 41.3 Å². The van der Waals surface area contributed by atoms with Crippen LogP contribution in [0.4, 0.5) is 10.5 Å². The molecule has 0 aromatic heterocycles. The molecule has 2 heterocycles. The Labute approximate surface area is 255 Å². The fourth-order valence-corrected chi connectivity index (χ4v) is 4.47. The zero-order chi connectivity index (χ0) is 32.3. The molecule has 15 heteroatoms. The van der Waals surface area contributed by atoms with Crippen molar-refractivity contribution in [3.05, 3.63) is 29.3 Å². The van der Waals surface area contributed by atoms with Crippen LogP contribution in [0.25, 0.3) is 0 Å². The maximum atomic E-state index is 13.2. The van der Waals surface area contributed by atoms with E-state index in [0.717, 1.165) is 4.90 Å². The van der Waals surface area contributed by atoms with Gasteiger partial charge < -0.3 is 34.9 Å². The van der Waals surface area contributed by atoms with Crippen molar-refractivity contribution < 1.29 is 47.7 Å². The highest BCUT2D eigenvalue weighted by molar-refractivity contribution is 6.26. The molecule has 1 unspecified atom stereocenters. The van der Waals surface area contributed by atoms with Crippen molar-refractivity contribution in [2.75, 3.05) is 64.6 Å². The van der Waals surface area contributed by atoms with E-state index in [1.165, 1.54) is 23.1 Å². The molecule has 6 amide bonds. The van der Waals surface area contributed by atoms with Crippen LogP contribution < -0.4 is 16.4 Å². The zero-order valence-corrected chi connectivity index (χ0v) is 25.3. The third-order valence-electron chi connectivity index (χ3n) is 6.51. The molecule has 0 saturated carbocycles. The number of anilines is 1. The van der Waals surface area contributed by atoms with Gasteiger partial charge in [-0.15, -0.1) is 0 Å². The van der Waals surface area contributed by atoms with Gasteiger partial charge in [0.15, 0.2) is 0 Å². The summed E-state index contributed by atoms with van der Waals surface area (Å²) < 4.78 is 21.8. The molecule has 242 valence electrons. The van der Waals surface area contributed by atoms with Gasteiger partial charge in [-0.2, -0.15) is 0 Å². The molecule has 15 nitrogen and oxygen atoms in total. The number of carbonyl (C=O) groups excluding carboxylic acids is 6. The summed E-state index contributed by atoms with van der Waals surface area (Å²) in [6.45, 7) is 7.78. The summed E-state index contributed by atoms with van der Waals surface area (Å²) in [5.74, 6) is -3.04. The summed E-state index contributed by atoms with van der Waals surface area (Å²) in [6, 6.07) is 3.34. The first kappa shape index (κ1) is 34.6. The number of amides is 6. The normalized spacial score (nSPS) is 16.5. The van der Waals surface area contributed by atoms with E-state index >= 15 is 0 Å². The lowest BCUT2D eigenvalue weighted by atomic mass is 10.0. The van der Waals surface area contributed by atoms with Crippen molar-refractivity contribution in [3.63, 3.8) is 0 Å². The van der Waals surface area contributed by atoms with Crippen LogP contribution in [0.1, 0.15) is 60.7 Å². The highest BCUT2D eigenvalue weighted by Gasteiger charge is 2.45. The predicted molar refractivity (Wildman–Crippen MR) is 156 cm³/mol. The average molecular weight is 620 g/mol. The Hall–Kier alpha value is -3.92. The van der Waals surface area contributed by atoms with Gasteiger partial charge in [-0.1, -0.05) is 6.07 Å². The number of hydrogen-bond acceptors (Lipinski definition) is 11. The van der Waals surface area contributed by atoms with Gasteiger partial charge in [-0.25, -0.2) is 4.79 Å². The highest BCUT2D eigenvalue weighted by Crippen LogP contribution is 2.32. The summed E-state index contributed by atoms with van der Waals surface area (Å²) in [7, 11) is 0. The molecule has 1 aromatic rings. The quantitative estimate of drug-likeness (QED) is 0.174. The van der Waals surface area contributed by atoms with Crippen LogP contribution in [-0.4, -0.2) is 116 Å². The van der Waals surface area contributed by atoms with Gasteiger partial charge in [0.05, 0.1) is 62.9 Å². The van der Waals surface area contributed by atoms with E-state index in [4.69, 9.17) is 24.7 Å². The highest BCUT2D eigenvalue weighted by atomic mass is 16.6. The van der Waals surface area contributed by atoms with E-state index in [2.05, 4.69) is 10.6 Å². The van der Waals surface area contributed by atoms with Gasteiger partial charge >= 0.3 is 6.09 Å². The molecule has 1 atom stereocenters. The number of ether oxygens (including phenoxy) is 4. The van der Waals surface area contributed by atoms with Crippen molar-refractivity contribution in [2.24, 2.45) is 5.73 Å². The number of carbonyl (C=O) groups is 6. The first-order valence-electron chi connectivity index (χ1n) is 14.5. The number of piperidine rings is 1. The number of nitrogens with zero attached hydrogens (tertiary/aromatic N) is 2. The van der Waals surface area contributed by atoms with Gasteiger partial charge in [0.1, 0.15) is 11.6 Å². The molecular weight excluding hydrogens is 578 g/mol. The Morgan fingerprint density at radius 3 is 2.27 bits per heavy atom. The minimum absolute atomic E-state index is 0.00176. The fourth-order valence-electron chi connectivity index (χ4n) is 4.47. The van der Waals surface area contributed by atoms with Crippen LogP contribution in [0.2, 0.25) is 0 Å². The number of fused-ring (bicyclic) bond motifs is 1. The molecule has 1 aromatic carbocycles. The topological polar surface area (TPSA) is 196 Å². The Bertz CT molecular complexity index is 1230. The lowest BCUT2D eigenvalue weighted by Crippen LogP contribution is -2.54. The Morgan fingerprint density at radius 1 is 0.977 bits per heavy atom. The van der Waals surface area contributed by atoms with Crippen molar-refractivity contribution in [1.29, 1.82) is 0 Å². The molecule has 1 fully saturated rings. The minimum Gasteiger partial charge on any atom is -0.444 e. The number of nitrogens with one attached hydrogen (secondary N) is 2. The predicted octanol–water partition coefficient (Wildman–Crippen LogP) is 0.662. The summed E-state index contributed by atoms with van der Waals surface area (Å²) in [6.07, 6.45) is -0.564. The third kappa shape index (κ3) is 9.80. The lowest BCUT2D eigenvalue weighted by Gasteiger charge is -2.27. The molecule has 0 spiro atoms. The van der Waals surface area contributed by atoms with Gasteiger partial charge in [-0.3, -0.25) is 34.2 Å². The first-order valence-corrected chi connectivity index (χ1v) is 14.5. The largest absolute Gasteiger partial charge is 0.444 e. The maximum Gasteiger partial charge on any atom is 0.410 e. The number of nitrogens with two attached hydrogens (primary N) is 1. The van der Waals surface area contributed by atoms with Crippen LogP contribution in [0.15, 0.2) is 18.2 Å². The Kier molecular flexibility index (Phi) is 12.8. The summed E-state index contributed by atoms with van der Waals surface area (Å²) in [5.41, 5.74) is 4.86. The van der Waals surface area contributed by atoms with Gasteiger partial charge in [-0.05, 0) is 39.3 Å². The number of benzene rings is 1. The van der Waals surface area contributed by atoms with Crippen LogP contribution in [0.3, 0.4) is 0 Å². The SMILES string of the molecule is CC(C)(C)OC(=O)N(CCOCCOCCN)CCOCCC(=O)Nc1cccc2c1C(=O)N(C1CCC(=O)NC1=O)C2=O. The van der Waals surface area contributed by atoms with Crippen molar-refractivity contribution in [2.45, 2.75) is 51.7 Å². The van der Waals surface area contributed by atoms with E-state index in [9.17, 15) is 28.8 Å². The van der Waals surface area contributed by atoms with Crippen molar-refractivity contribution in [3.8, 4) is 0 Å². The van der Waals surface area contributed by atoms with Crippen LogP contribution in [0.5, 0.6) is 0 Å². The summed E-state index contributed by atoms with van der Waals surface area (Å²) >= 11 is 0. The van der Waals surface area contributed by atoms with E-state index in [-0.39, 0.29) is 69.0 Å². The van der Waals surface area contributed by atoms with E-state index in [1.54, 1.807) is 20.8 Å². The average Bonchev–Trinajstić information content (AvgIpc) is 3.20. The maximum absolute atomic E-state index is 13.2. The minimum atomic E-state index is -1.11. The van der Waals surface area contributed by atoms with Crippen LogP contribution in [-0.2, 0) is 33.3 Å². The third-order valence-corrected chi connectivity index (χ3v) is 6.51. The molecular formula is C29H41N5O10. The molecule has 0 bridgehead atoms. The molecule has 44 heavy (non-hydrogen) atoms. The Morgan fingerprint density at radius 2 is 1.64 bits per heavy atom. The zero-order valence-electron chi connectivity index (χ0n) is 25.3. The second kappa shape index (κ2) is 16.2. The van der Waals surface area contributed by atoms with E-state index in [0.29, 0.717) is 26.4 Å². The molecule has 2 aliphatic rings. The van der Waals surface area contributed by atoms with Gasteiger partial charge in [0.25, 0.3) is 11.8 Å². The number of imide groups is 2. The first-order chi connectivity index (χ1) is 20.9. The van der Waals surface area contributed by atoms with Crippen LogP contribution >= 0.6 is 0 Å². The monoisotopic (exact) mass is 619 g/mol. The standard InChI is InChI=1S/C29H41N5O10/c1-29(2,3)44-28(40)33(12-16-43-18-17-42-14-10-30)11-15-41-13-9-23(36)31-20-6-4-5-19-24(20)27(39)34(26(19)38)21-7-8-22(35)32-25(21)37/h4-6,21H,7-18,30H2,1-3H3,(H,31,36)(H,32,35,37). The summed E-state index contributed by atoms with van der Waals surface area (Å²) in [4.78, 5) is 77.6. The smallest absolute Gasteiger partial charge is 0.410 e. The second-order valence-electron chi connectivity index (χ2n) is 11.1. The second-order valence-corrected chi connectivity index (χ2v) is 11.1. The van der Waals surface area contributed by atoms with E-state index in [1.807, 2.05) is 0 Å². The number of rotatable bonds is 16. The molecule has 0 aliphatic carbocycles. The molecule has 1 saturated heterocycles. The van der Waals surface area contributed by atoms with Gasteiger partial charge in [0.2, 0.25) is 17.7 Å². The summed E-state index contributed by atoms with van der Waals surface area (Å²) in [5, 5.41) is 4.79.